The molecule has 1 aliphatic heterocycles. The van der Waals surface area contributed by atoms with Crippen LogP contribution in [0.2, 0.25) is 0 Å². The normalized spacial score (nSPS) is 15.3. The van der Waals surface area contributed by atoms with Crippen LogP contribution < -0.4 is 5.73 Å². The maximum atomic E-state index is 12.8. The zero-order valence-corrected chi connectivity index (χ0v) is 17.2. The fraction of sp³-hybridized carbons (Fsp3) is 0.476. The summed E-state index contributed by atoms with van der Waals surface area (Å²) in [5, 5.41) is 16.6. The van der Waals surface area contributed by atoms with Gasteiger partial charge in [-0.05, 0) is 19.8 Å². The van der Waals surface area contributed by atoms with Crippen molar-refractivity contribution in [3.63, 3.8) is 0 Å². The molecule has 1 fully saturated rings. The van der Waals surface area contributed by atoms with E-state index in [1.165, 1.54) is 0 Å². The van der Waals surface area contributed by atoms with Gasteiger partial charge in [0.15, 0.2) is 0 Å². The minimum absolute atomic E-state index is 0.158. The molecule has 9 nitrogen and oxygen atoms in total. The topological polar surface area (TPSA) is 149 Å². The van der Waals surface area contributed by atoms with Crippen molar-refractivity contribution < 1.29 is 14.7 Å². The Morgan fingerprint density at radius 2 is 2.13 bits per heavy atom. The van der Waals surface area contributed by atoms with Crippen LogP contribution in [0.5, 0.6) is 0 Å². The summed E-state index contributed by atoms with van der Waals surface area (Å²) in [4.78, 5) is 35.5. The number of carbonyl (C=O) groups is 2. The first-order valence-electron chi connectivity index (χ1n) is 10.1. The molecule has 0 saturated heterocycles. The predicted molar refractivity (Wildman–Crippen MR) is 110 cm³/mol. The number of anilines is 1. The molecule has 2 aliphatic rings. The number of aromatic nitrogens is 3. The highest BCUT2D eigenvalue weighted by Gasteiger charge is 2.34. The van der Waals surface area contributed by atoms with E-state index in [4.69, 9.17) is 20.6 Å². The van der Waals surface area contributed by atoms with Crippen LogP contribution in [0.4, 0.5) is 5.82 Å². The predicted octanol–water partition coefficient (Wildman–Crippen LogP) is 2.18. The molecule has 0 aromatic carbocycles. The fourth-order valence-electron chi connectivity index (χ4n) is 3.99. The van der Waals surface area contributed by atoms with Crippen molar-refractivity contribution >= 4 is 18.2 Å². The summed E-state index contributed by atoms with van der Waals surface area (Å²) < 4.78 is 0. The summed E-state index contributed by atoms with van der Waals surface area (Å²) in [5.74, 6) is 1.49. The third-order valence-corrected chi connectivity index (χ3v) is 5.76. The molecule has 158 valence electrons. The Bertz CT molecular complexity index is 1000. The van der Waals surface area contributed by atoms with Gasteiger partial charge in [0.2, 0.25) is 5.91 Å². The number of nitrogens with zero attached hydrogens (tertiary/aromatic N) is 4. The SMILES string of the molecule is CCc1nc(-c2c(C#N)c(N)nc3c2CN(C(=O)C2CCC2)CC3)c(C)[nH]1.O=CO. The van der Waals surface area contributed by atoms with Crippen LogP contribution in [0.3, 0.4) is 0 Å². The van der Waals surface area contributed by atoms with Gasteiger partial charge in [0.05, 0.1) is 11.4 Å². The first-order valence-corrected chi connectivity index (χ1v) is 10.1. The van der Waals surface area contributed by atoms with Crippen LogP contribution in [0.15, 0.2) is 0 Å². The van der Waals surface area contributed by atoms with Crippen molar-refractivity contribution in [1.82, 2.24) is 19.9 Å². The molecule has 4 rings (SSSR count). The molecule has 0 atom stereocenters. The quantitative estimate of drug-likeness (QED) is 0.656. The van der Waals surface area contributed by atoms with Crippen molar-refractivity contribution in [2.75, 3.05) is 12.3 Å². The first kappa shape index (κ1) is 21.3. The Hall–Kier alpha value is -3.41. The molecule has 0 unspecified atom stereocenters. The van der Waals surface area contributed by atoms with Gasteiger partial charge in [-0.1, -0.05) is 13.3 Å². The summed E-state index contributed by atoms with van der Waals surface area (Å²) in [5.41, 5.74) is 10.6. The Kier molecular flexibility index (Phi) is 6.35. The summed E-state index contributed by atoms with van der Waals surface area (Å²) in [6.45, 7) is 4.85. The second-order valence-electron chi connectivity index (χ2n) is 7.54. The van der Waals surface area contributed by atoms with E-state index >= 15 is 0 Å². The number of amides is 1. The molecule has 0 spiro atoms. The maximum absolute atomic E-state index is 12.8. The van der Waals surface area contributed by atoms with Crippen LogP contribution in [-0.4, -0.2) is 43.9 Å². The molecule has 0 bridgehead atoms. The van der Waals surface area contributed by atoms with Gasteiger partial charge in [-0.2, -0.15) is 5.26 Å². The molecule has 1 aliphatic carbocycles. The summed E-state index contributed by atoms with van der Waals surface area (Å²) in [6.07, 6.45) is 4.53. The zero-order valence-electron chi connectivity index (χ0n) is 17.2. The van der Waals surface area contributed by atoms with Gasteiger partial charge in [-0.3, -0.25) is 9.59 Å². The molecule has 1 amide bonds. The smallest absolute Gasteiger partial charge is 0.290 e. The molecule has 3 heterocycles. The van der Waals surface area contributed by atoms with E-state index < -0.39 is 0 Å². The largest absolute Gasteiger partial charge is 0.483 e. The van der Waals surface area contributed by atoms with Gasteiger partial charge < -0.3 is 20.7 Å². The van der Waals surface area contributed by atoms with E-state index in [2.05, 4.69) is 16.0 Å². The number of imidazole rings is 1. The van der Waals surface area contributed by atoms with Gasteiger partial charge >= 0.3 is 0 Å². The fourth-order valence-corrected chi connectivity index (χ4v) is 3.99. The molecule has 2 aromatic rings. The number of H-pyrrole nitrogens is 1. The van der Waals surface area contributed by atoms with Crippen molar-refractivity contribution in [3.05, 3.63) is 28.3 Å². The average molecular weight is 410 g/mol. The summed E-state index contributed by atoms with van der Waals surface area (Å²) in [6, 6.07) is 2.21. The van der Waals surface area contributed by atoms with E-state index in [1.54, 1.807) is 0 Å². The van der Waals surface area contributed by atoms with Crippen molar-refractivity contribution in [2.45, 2.75) is 52.5 Å². The number of hydrogen-bond donors (Lipinski definition) is 3. The van der Waals surface area contributed by atoms with Crippen molar-refractivity contribution in [3.8, 4) is 17.3 Å². The van der Waals surface area contributed by atoms with Crippen LogP contribution >= 0.6 is 0 Å². The summed E-state index contributed by atoms with van der Waals surface area (Å²) >= 11 is 0. The van der Waals surface area contributed by atoms with Gasteiger partial charge in [0.1, 0.15) is 23.3 Å². The van der Waals surface area contributed by atoms with Gasteiger partial charge in [-0.15, -0.1) is 0 Å². The number of fused-ring (bicyclic) bond motifs is 1. The second-order valence-corrected chi connectivity index (χ2v) is 7.54. The van der Waals surface area contributed by atoms with Gasteiger partial charge in [0, 0.05) is 48.7 Å². The van der Waals surface area contributed by atoms with Crippen LogP contribution in [0, 0.1) is 24.2 Å². The van der Waals surface area contributed by atoms with Crippen molar-refractivity contribution in [2.24, 2.45) is 5.92 Å². The van der Waals surface area contributed by atoms with Gasteiger partial charge in [-0.25, -0.2) is 9.97 Å². The maximum Gasteiger partial charge on any atom is 0.290 e. The number of nitrogen functional groups attached to an aromatic ring is 1. The summed E-state index contributed by atoms with van der Waals surface area (Å²) in [7, 11) is 0. The number of rotatable bonds is 3. The molecule has 30 heavy (non-hydrogen) atoms. The molecule has 2 aromatic heterocycles. The van der Waals surface area contributed by atoms with E-state index in [0.717, 1.165) is 59.7 Å². The number of aromatic amines is 1. The highest BCUT2D eigenvalue weighted by Crippen LogP contribution is 2.37. The third-order valence-electron chi connectivity index (χ3n) is 5.76. The van der Waals surface area contributed by atoms with Crippen LogP contribution in [0.25, 0.3) is 11.3 Å². The number of aryl methyl sites for hydroxylation is 2. The first-order chi connectivity index (χ1) is 14.4. The third kappa shape index (κ3) is 3.85. The number of carboxylic acid groups (broad SMARTS) is 1. The Labute approximate surface area is 174 Å². The van der Waals surface area contributed by atoms with E-state index in [0.29, 0.717) is 25.1 Å². The van der Waals surface area contributed by atoms with Crippen LogP contribution in [0.1, 0.15) is 54.5 Å². The lowest BCUT2D eigenvalue weighted by molar-refractivity contribution is -0.139. The minimum atomic E-state index is -0.250. The average Bonchev–Trinajstić information content (AvgIpc) is 3.06. The Morgan fingerprint density at radius 1 is 1.43 bits per heavy atom. The highest BCUT2D eigenvalue weighted by molar-refractivity contribution is 5.82. The molecular weight excluding hydrogens is 384 g/mol. The molecule has 4 N–H and O–H groups in total. The van der Waals surface area contributed by atoms with E-state index in [9.17, 15) is 10.1 Å². The standard InChI is InChI=1S/C20H24N6O.CH2O2/c1-3-16-23-11(2)18(25-16)17-13(9-21)19(22)24-15-7-8-26(10-14(15)17)20(27)12-5-4-6-12;2-1-3/h12H,3-8,10H2,1-2H3,(H2,22,24)(H,23,25);1H,(H,2,3). The molecule has 0 radical (unpaired) electrons. The number of nitriles is 1. The molecule has 1 saturated carbocycles. The monoisotopic (exact) mass is 410 g/mol. The van der Waals surface area contributed by atoms with Gasteiger partial charge in [0.25, 0.3) is 6.47 Å². The lowest BCUT2D eigenvalue weighted by Crippen LogP contribution is -2.42. The number of nitrogens with two attached hydrogens (primary N) is 1. The minimum Gasteiger partial charge on any atom is -0.483 e. The van der Waals surface area contributed by atoms with Crippen molar-refractivity contribution in [1.29, 1.82) is 5.26 Å². The van der Waals surface area contributed by atoms with E-state index in [-0.39, 0.29) is 24.1 Å². The van der Waals surface area contributed by atoms with E-state index in [1.807, 2.05) is 18.7 Å². The second kappa shape index (κ2) is 8.95. The Balaban J connectivity index is 0.000000806. The lowest BCUT2D eigenvalue weighted by atomic mass is 9.83. The number of hydrogen-bond acceptors (Lipinski definition) is 6. The number of pyridine rings is 1. The molecule has 9 heteroatoms. The highest BCUT2D eigenvalue weighted by atomic mass is 16.3. The van der Waals surface area contributed by atoms with Crippen LogP contribution in [-0.2, 0) is 29.0 Å². The number of nitrogens with one attached hydrogen (secondary N) is 1. The molecular formula is C21H26N6O3. The number of carbonyl (C=O) groups excluding carboxylic acids is 1. The zero-order chi connectivity index (χ0) is 21.8. The lowest BCUT2D eigenvalue weighted by Gasteiger charge is -2.35. The Morgan fingerprint density at radius 3 is 2.67 bits per heavy atom.